The van der Waals surface area contributed by atoms with Gasteiger partial charge in [-0.2, -0.15) is 0 Å². The second-order valence-corrected chi connectivity index (χ2v) is 7.87. The quantitative estimate of drug-likeness (QED) is 0.832. The van der Waals surface area contributed by atoms with Crippen molar-refractivity contribution in [2.24, 2.45) is 5.41 Å². The summed E-state index contributed by atoms with van der Waals surface area (Å²) >= 11 is 0. The molecule has 150 valence electrons. The number of para-hydroxylation sites is 1. The lowest BCUT2D eigenvalue weighted by molar-refractivity contribution is -0.135. The number of piperidine rings is 1. The predicted octanol–water partition coefficient (Wildman–Crippen LogP) is 3.68. The number of rotatable bonds is 5. The summed E-state index contributed by atoms with van der Waals surface area (Å²) < 4.78 is 5.94. The predicted molar refractivity (Wildman–Crippen MR) is 114 cm³/mol. The van der Waals surface area contributed by atoms with Crippen LogP contribution in [0.3, 0.4) is 0 Å². The lowest BCUT2D eigenvalue weighted by atomic mass is 9.78. The van der Waals surface area contributed by atoms with Crippen molar-refractivity contribution < 1.29 is 9.53 Å². The Hall–Kier alpha value is -2.04. The van der Waals surface area contributed by atoms with Crippen LogP contribution in [0.25, 0.3) is 0 Å². The van der Waals surface area contributed by atoms with E-state index in [1.54, 1.807) is 0 Å². The monoisotopic (exact) mass is 400 g/mol. The van der Waals surface area contributed by atoms with Gasteiger partial charge in [-0.1, -0.05) is 48.5 Å². The lowest BCUT2D eigenvalue weighted by Gasteiger charge is -2.38. The molecule has 2 aliphatic rings. The number of hydrogen-bond acceptors (Lipinski definition) is 3. The Bertz CT molecular complexity index is 765. The lowest BCUT2D eigenvalue weighted by Crippen LogP contribution is -2.45. The Morgan fingerprint density at radius 1 is 1.00 bits per heavy atom. The van der Waals surface area contributed by atoms with Crippen LogP contribution < -0.4 is 10.1 Å². The highest BCUT2D eigenvalue weighted by Crippen LogP contribution is 2.36. The molecular weight excluding hydrogens is 372 g/mol. The molecule has 1 amide bonds. The zero-order valence-corrected chi connectivity index (χ0v) is 17.0. The molecule has 0 aromatic heterocycles. The Kier molecular flexibility index (Phi) is 6.97. The van der Waals surface area contributed by atoms with Crippen LogP contribution in [0.4, 0.5) is 0 Å². The molecule has 2 heterocycles. The van der Waals surface area contributed by atoms with Gasteiger partial charge in [0, 0.05) is 26.1 Å². The molecule has 5 heteroatoms. The van der Waals surface area contributed by atoms with E-state index < -0.39 is 0 Å². The SMILES string of the molecule is Cl.O=C(COc1ccccc1Cc1ccccc1)N1CCC2(CCNC2)CC1. The van der Waals surface area contributed by atoms with Gasteiger partial charge in [0.25, 0.3) is 5.91 Å². The summed E-state index contributed by atoms with van der Waals surface area (Å²) in [6.07, 6.45) is 4.27. The molecule has 2 aliphatic heterocycles. The van der Waals surface area contributed by atoms with Gasteiger partial charge in [-0.15, -0.1) is 12.4 Å². The number of hydrogen-bond donors (Lipinski definition) is 1. The van der Waals surface area contributed by atoms with Crippen molar-refractivity contribution in [1.82, 2.24) is 10.2 Å². The number of halogens is 1. The van der Waals surface area contributed by atoms with Crippen molar-refractivity contribution in [3.05, 3.63) is 65.7 Å². The summed E-state index contributed by atoms with van der Waals surface area (Å²) in [6.45, 7) is 4.07. The van der Waals surface area contributed by atoms with Crippen LogP contribution in [0.1, 0.15) is 30.4 Å². The molecule has 0 radical (unpaired) electrons. The number of carbonyl (C=O) groups excluding carboxylic acids is 1. The van der Waals surface area contributed by atoms with E-state index in [2.05, 4.69) is 23.5 Å². The van der Waals surface area contributed by atoms with E-state index in [-0.39, 0.29) is 24.9 Å². The largest absolute Gasteiger partial charge is 0.483 e. The average molecular weight is 401 g/mol. The van der Waals surface area contributed by atoms with Gasteiger partial charge in [0.1, 0.15) is 5.75 Å². The topological polar surface area (TPSA) is 41.6 Å². The highest BCUT2D eigenvalue weighted by Gasteiger charge is 2.38. The van der Waals surface area contributed by atoms with Crippen molar-refractivity contribution >= 4 is 18.3 Å². The third kappa shape index (κ3) is 4.86. The van der Waals surface area contributed by atoms with Crippen LogP contribution in [0, 0.1) is 5.41 Å². The van der Waals surface area contributed by atoms with E-state index in [0.29, 0.717) is 5.41 Å². The van der Waals surface area contributed by atoms with Gasteiger partial charge in [0.2, 0.25) is 0 Å². The highest BCUT2D eigenvalue weighted by molar-refractivity contribution is 5.85. The number of ether oxygens (including phenoxy) is 1. The fourth-order valence-corrected chi connectivity index (χ4v) is 4.29. The van der Waals surface area contributed by atoms with Crippen LogP contribution in [0.5, 0.6) is 5.75 Å². The van der Waals surface area contributed by atoms with E-state index in [9.17, 15) is 4.79 Å². The molecule has 1 N–H and O–H groups in total. The van der Waals surface area contributed by atoms with Gasteiger partial charge in [-0.25, -0.2) is 0 Å². The molecule has 0 saturated carbocycles. The van der Waals surface area contributed by atoms with E-state index >= 15 is 0 Å². The summed E-state index contributed by atoms with van der Waals surface area (Å²) in [5, 5.41) is 3.47. The normalized spacial score (nSPS) is 17.9. The third-order valence-electron chi connectivity index (χ3n) is 6.07. The van der Waals surface area contributed by atoms with Crippen LogP contribution in [0.2, 0.25) is 0 Å². The Balaban J connectivity index is 0.00000225. The standard InChI is InChI=1S/C23H28N2O2.ClH/c26-22(25-14-11-23(12-15-25)10-13-24-18-23)17-27-21-9-5-4-8-20(21)16-19-6-2-1-3-7-19;/h1-9,24H,10-18H2;1H. The maximum Gasteiger partial charge on any atom is 0.260 e. The number of likely N-dealkylation sites (tertiary alicyclic amines) is 1. The van der Waals surface area contributed by atoms with E-state index in [1.165, 1.54) is 12.0 Å². The third-order valence-corrected chi connectivity index (χ3v) is 6.07. The molecule has 2 aromatic rings. The van der Waals surface area contributed by atoms with Crippen molar-refractivity contribution in [1.29, 1.82) is 0 Å². The number of amides is 1. The fraction of sp³-hybridized carbons (Fsp3) is 0.435. The van der Waals surface area contributed by atoms with E-state index in [1.807, 2.05) is 41.3 Å². The van der Waals surface area contributed by atoms with Crippen LogP contribution in [-0.4, -0.2) is 43.6 Å². The zero-order chi connectivity index (χ0) is 18.5. The first-order valence-electron chi connectivity index (χ1n) is 9.97. The average Bonchev–Trinajstić information content (AvgIpc) is 3.16. The first-order valence-corrected chi connectivity index (χ1v) is 9.97. The molecule has 2 aromatic carbocycles. The Labute approximate surface area is 173 Å². The Morgan fingerprint density at radius 2 is 1.71 bits per heavy atom. The molecule has 1 spiro atoms. The molecule has 2 saturated heterocycles. The minimum atomic E-state index is 0. The number of nitrogens with zero attached hydrogens (tertiary/aromatic N) is 1. The van der Waals surface area contributed by atoms with E-state index in [4.69, 9.17) is 4.74 Å². The zero-order valence-electron chi connectivity index (χ0n) is 16.2. The van der Waals surface area contributed by atoms with Crippen LogP contribution >= 0.6 is 12.4 Å². The van der Waals surface area contributed by atoms with Gasteiger partial charge in [0.15, 0.2) is 6.61 Å². The molecule has 2 fully saturated rings. The molecular formula is C23H29ClN2O2. The van der Waals surface area contributed by atoms with Gasteiger partial charge >= 0.3 is 0 Å². The molecule has 0 atom stereocenters. The maximum atomic E-state index is 12.6. The second-order valence-electron chi connectivity index (χ2n) is 7.87. The first-order chi connectivity index (χ1) is 13.2. The molecule has 4 nitrogen and oxygen atoms in total. The van der Waals surface area contributed by atoms with Gasteiger partial charge in [-0.05, 0) is 48.4 Å². The van der Waals surface area contributed by atoms with Crippen molar-refractivity contribution in [3.63, 3.8) is 0 Å². The summed E-state index contributed by atoms with van der Waals surface area (Å²) in [4.78, 5) is 14.6. The molecule has 0 bridgehead atoms. The molecule has 0 aliphatic carbocycles. The first kappa shape index (κ1) is 20.7. The summed E-state index contributed by atoms with van der Waals surface area (Å²) in [5.74, 6) is 0.911. The van der Waals surface area contributed by atoms with Gasteiger partial charge < -0.3 is 15.0 Å². The number of benzene rings is 2. The molecule has 4 rings (SSSR count). The number of nitrogens with one attached hydrogen (secondary N) is 1. The summed E-state index contributed by atoms with van der Waals surface area (Å²) in [7, 11) is 0. The van der Waals surface area contributed by atoms with Crippen molar-refractivity contribution in [2.45, 2.75) is 25.7 Å². The molecule has 0 unspecified atom stereocenters. The smallest absolute Gasteiger partial charge is 0.260 e. The highest BCUT2D eigenvalue weighted by atomic mass is 35.5. The Morgan fingerprint density at radius 3 is 2.43 bits per heavy atom. The van der Waals surface area contributed by atoms with Gasteiger partial charge in [0.05, 0.1) is 0 Å². The maximum absolute atomic E-state index is 12.6. The fourth-order valence-electron chi connectivity index (χ4n) is 4.29. The van der Waals surface area contributed by atoms with Crippen LogP contribution in [0.15, 0.2) is 54.6 Å². The van der Waals surface area contributed by atoms with Crippen molar-refractivity contribution in [3.8, 4) is 5.75 Å². The van der Waals surface area contributed by atoms with Crippen molar-refractivity contribution in [2.75, 3.05) is 32.8 Å². The summed E-state index contributed by atoms with van der Waals surface area (Å²) in [6, 6.07) is 18.4. The minimum Gasteiger partial charge on any atom is -0.483 e. The summed E-state index contributed by atoms with van der Waals surface area (Å²) in [5.41, 5.74) is 2.79. The number of carbonyl (C=O) groups is 1. The van der Waals surface area contributed by atoms with E-state index in [0.717, 1.165) is 56.8 Å². The second kappa shape index (κ2) is 9.44. The molecule has 28 heavy (non-hydrogen) atoms. The van der Waals surface area contributed by atoms with Crippen LogP contribution in [-0.2, 0) is 11.2 Å². The van der Waals surface area contributed by atoms with Gasteiger partial charge in [-0.3, -0.25) is 4.79 Å². The minimum absolute atomic E-state index is 0.